The molecule has 0 saturated heterocycles. The Kier molecular flexibility index (Phi) is 4.59. The molecule has 1 aromatic carbocycles. The van der Waals surface area contributed by atoms with Gasteiger partial charge in [0.2, 0.25) is 0 Å². The van der Waals surface area contributed by atoms with Crippen LogP contribution >= 0.6 is 43.5 Å². The lowest BCUT2D eigenvalue weighted by molar-refractivity contribution is 0.789. The summed E-state index contributed by atoms with van der Waals surface area (Å²) in [6.45, 7) is 0. The number of hydrogen-bond acceptors (Lipinski definition) is 2. The molecule has 0 aliphatic carbocycles. The molecule has 0 aliphatic rings. The van der Waals surface area contributed by atoms with Crippen molar-refractivity contribution in [3.05, 3.63) is 39.0 Å². The second-order valence-corrected chi connectivity index (χ2v) is 5.69. The first-order chi connectivity index (χ1) is 8.20. The molecule has 1 aromatic heterocycles. The summed E-state index contributed by atoms with van der Waals surface area (Å²) in [5.41, 5.74) is 1.92. The maximum Gasteiger partial charge on any atom is 0.0832 e. The van der Waals surface area contributed by atoms with Gasteiger partial charge >= 0.3 is 0 Å². The van der Waals surface area contributed by atoms with Gasteiger partial charge in [-0.15, -0.1) is 16.7 Å². The fraction of sp³-hybridized carbons (Fsp3) is 0.273. The number of aromatic nitrogens is 3. The molecule has 0 N–H and O–H groups in total. The Balaban J connectivity index is 2.27. The molecule has 0 fully saturated rings. The predicted molar refractivity (Wildman–Crippen MR) is 75.8 cm³/mol. The van der Waals surface area contributed by atoms with Gasteiger partial charge in [-0.2, -0.15) is 0 Å². The van der Waals surface area contributed by atoms with Crippen molar-refractivity contribution in [2.24, 2.45) is 0 Å². The molecule has 90 valence electrons. The number of benzene rings is 1. The Hall–Kier alpha value is -0.390. The van der Waals surface area contributed by atoms with Crippen LogP contribution in [0.1, 0.15) is 12.1 Å². The highest BCUT2D eigenvalue weighted by Crippen LogP contribution is 2.24. The molecule has 0 aliphatic heterocycles. The average Bonchev–Trinajstić information content (AvgIpc) is 2.78. The molecule has 17 heavy (non-hydrogen) atoms. The van der Waals surface area contributed by atoms with Gasteiger partial charge < -0.3 is 0 Å². The summed E-state index contributed by atoms with van der Waals surface area (Å²) in [5.74, 6) is 0.646. The monoisotopic (exact) mass is 377 g/mol. The molecule has 0 spiro atoms. The quantitative estimate of drug-likeness (QED) is 0.753. The van der Waals surface area contributed by atoms with Gasteiger partial charge in [0.15, 0.2) is 0 Å². The van der Waals surface area contributed by atoms with Crippen LogP contribution in [0.15, 0.2) is 33.3 Å². The molecule has 1 heterocycles. The van der Waals surface area contributed by atoms with Crippen molar-refractivity contribution < 1.29 is 0 Å². The minimum atomic E-state index is 0.646. The minimum absolute atomic E-state index is 0.646. The Bertz CT molecular complexity index is 513. The van der Waals surface area contributed by atoms with Gasteiger partial charge in [0.05, 0.1) is 17.6 Å². The van der Waals surface area contributed by atoms with Gasteiger partial charge in [-0.25, -0.2) is 4.68 Å². The summed E-state index contributed by atoms with van der Waals surface area (Å²) >= 11 is 12.6. The van der Waals surface area contributed by atoms with Crippen molar-refractivity contribution in [2.45, 2.75) is 12.8 Å². The summed E-state index contributed by atoms with van der Waals surface area (Å²) in [5, 5.41) is 8.23. The first-order valence-electron chi connectivity index (χ1n) is 5.13. The SMILES string of the molecule is ClCCCc1cn(-c2cc(Br)ccc2Br)nn1. The summed E-state index contributed by atoms with van der Waals surface area (Å²) in [7, 11) is 0. The van der Waals surface area contributed by atoms with Crippen LogP contribution in [0.25, 0.3) is 5.69 Å². The lowest BCUT2D eigenvalue weighted by atomic mass is 10.3. The molecule has 0 radical (unpaired) electrons. The minimum Gasteiger partial charge on any atom is -0.219 e. The molecule has 0 unspecified atom stereocenters. The number of rotatable bonds is 4. The fourth-order valence-corrected chi connectivity index (χ4v) is 2.35. The maximum absolute atomic E-state index is 5.65. The molecule has 0 atom stereocenters. The molecule has 0 saturated carbocycles. The van der Waals surface area contributed by atoms with Gasteiger partial charge in [-0.05, 0) is 47.0 Å². The van der Waals surface area contributed by atoms with Crippen molar-refractivity contribution in [1.29, 1.82) is 0 Å². The zero-order valence-electron chi connectivity index (χ0n) is 8.91. The first kappa shape index (κ1) is 13.1. The average molecular weight is 379 g/mol. The van der Waals surface area contributed by atoms with E-state index in [0.717, 1.165) is 33.2 Å². The van der Waals surface area contributed by atoms with Gasteiger partial charge in [0.1, 0.15) is 0 Å². The largest absolute Gasteiger partial charge is 0.219 e. The van der Waals surface area contributed by atoms with Gasteiger partial charge in [0, 0.05) is 14.8 Å². The van der Waals surface area contributed by atoms with E-state index in [1.54, 1.807) is 4.68 Å². The van der Waals surface area contributed by atoms with Crippen LogP contribution in [-0.2, 0) is 6.42 Å². The molecular weight excluding hydrogens is 369 g/mol. The predicted octanol–water partition coefficient (Wildman–Crippen LogP) is 3.96. The molecule has 0 bridgehead atoms. The fourth-order valence-electron chi connectivity index (χ4n) is 1.44. The van der Waals surface area contributed by atoms with Crippen LogP contribution in [0.5, 0.6) is 0 Å². The number of nitrogens with zero attached hydrogens (tertiary/aromatic N) is 3. The van der Waals surface area contributed by atoms with Crippen LogP contribution in [0.2, 0.25) is 0 Å². The van der Waals surface area contributed by atoms with E-state index in [9.17, 15) is 0 Å². The number of halogens is 3. The van der Waals surface area contributed by atoms with Crippen LogP contribution in [0, 0.1) is 0 Å². The second kappa shape index (κ2) is 5.98. The molecule has 2 aromatic rings. The van der Waals surface area contributed by atoms with E-state index in [4.69, 9.17) is 11.6 Å². The van der Waals surface area contributed by atoms with Crippen molar-refractivity contribution in [3.8, 4) is 5.69 Å². The van der Waals surface area contributed by atoms with Crippen LogP contribution in [0.4, 0.5) is 0 Å². The summed E-state index contributed by atoms with van der Waals surface area (Å²) in [4.78, 5) is 0. The molecule has 6 heteroatoms. The second-order valence-electron chi connectivity index (χ2n) is 3.54. The summed E-state index contributed by atoms with van der Waals surface area (Å²) < 4.78 is 3.75. The van der Waals surface area contributed by atoms with Gasteiger partial charge in [0.25, 0.3) is 0 Å². The third-order valence-electron chi connectivity index (χ3n) is 2.26. The zero-order valence-corrected chi connectivity index (χ0v) is 12.8. The smallest absolute Gasteiger partial charge is 0.0832 e. The normalized spacial score (nSPS) is 10.8. The summed E-state index contributed by atoms with van der Waals surface area (Å²) in [6, 6.07) is 5.93. The highest BCUT2D eigenvalue weighted by atomic mass is 79.9. The van der Waals surface area contributed by atoms with E-state index in [1.807, 2.05) is 24.4 Å². The van der Waals surface area contributed by atoms with Crippen LogP contribution < -0.4 is 0 Å². The standard InChI is InChI=1S/C11H10Br2ClN3/c12-8-3-4-10(13)11(6-8)17-7-9(15-16-17)2-1-5-14/h3-4,6-7H,1-2,5H2. The molecule has 0 amide bonds. The van der Waals surface area contributed by atoms with E-state index in [-0.39, 0.29) is 0 Å². The first-order valence-corrected chi connectivity index (χ1v) is 7.25. The highest BCUT2D eigenvalue weighted by molar-refractivity contribution is 9.11. The van der Waals surface area contributed by atoms with Crippen LogP contribution in [-0.4, -0.2) is 20.9 Å². The Labute approximate surface area is 121 Å². The molecular formula is C11H10Br2ClN3. The number of hydrogen-bond donors (Lipinski definition) is 0. The zero-order chi connectivity index (χ0) is 12.3. The number of alkyl halides is 1. The third-order valence-corrected chi connectivity index (χ3v) is 3.69. The third kappa shape index (κ3) is 3.30. The maximum atomic E-state index is 5.65. The van der Waals surface area contributed by atoms with Gasteiger partial charge in [-0.1, -0.05) is 21.1 Å². The van der Waals surface area contributed by atoms with Crippen molar-refractivity contribution in [1.82, 2.24) is 15.0 Å². The topological polar surface area (TPSA) is 30.7 Å². The van der Waals surface area contributed by atoms with E-state index in [1.165, 1.54) is 0 Å². The Morgan fingerprint density at radius 3 is 2.88 bits per heavy atom. The van der Waals surface area contributed by atoms with E-state index >= 15 is 0 Å². The van der Waals surface area contributed by atoms with Crippen molar-refractivity contribution in [3.63, 3.8) is 0 Å². The highest BCUT2D eigenvalue weighted by Gasteiger charge is 2.06. The number of aryl methyl sites for hydroxylation is 1. The lowest BCUT2D eigenvalue weighted by Gasteiger charge is -2.03. The lowest BCUT2D eigenvalue weighted by Crippen LogP contribution is -1.96. The van der Waals surface area contributed by atoms with Gasteiger partial charge in [-0.3, -0.25) is 0 Å². The molecule has 3 nitrogen and oxygen atoms in total. The summed E-state index contributed by atoms with van der Waals surface area (Å²) in [6.07, 6.45) is 3.70. The van der Waals surface area contributed by atoms with Crippen molar-refractivity contribution in [2.75, 3.05) is 5.88 Å². The van der Waals surface area contributed by atoms with E-state index in [2.05, 4.69) is 42.2 Å². The van der Waals surface area contributed by atoms with Crippen molar-refractivity contribution >= 4 is 43.5 Å². The van der Waals surface area contributed by atoms with Crippen LogP contribution in [0.3, 0.4) is 0 Å². The Morgan fingerprint density at radius 2 is 2.12 bits per heavy atom. The molecule has 2 rings (SSSR count). The van der Waals surface area contributed by atoms with E-state index < -0.39 is 0 Å². The Morgan fingerprint density at radius 1 is 1.29 bits per heavy atom. The van der Waals surface area contributed by atoms with E-state index in [0.29, 0.717) is 5.88 Å².